The number of hydrogen-bond acceptors (Lipinski definition) is 3. The number of hydrogen-bond donors (Lipinski definition) is 2. The summed E-state index contributed by atoms with van der Waals surface area (Å²) in [6.45, 7) is 8.56. The van der Waals surface area contributed by atoms with Gasteiger partial charge in [0.15, 0.2) is 6.10 Å². The van der Waals surface area contributed by atoms with Gasteiger partial charge < -0.3 is 15.8 Å². The zero-order valence-electron chi connectivity index (χ0n) is 12.2. The van der Waals surface area contributed by atoms with Crippen LogP contribution in [-0.4, -0.2) is 18.6 Å². The van der Waals surface area contributed by atoms with E-state index in [0.717, 1.165) is 12.0 Å². The molecule has 0 saturated carbocycles. The number of anilines is 1. The standard InChI is InChI=1S/C15H24N2O2/c1-10(2)8-9-17-15(18)12(4)19-14-7-5-6-13(16)11(14)3/h5-7,10,12H,8-9,16H2,1-4H3,(H,17,18). The molecule has 1 rings (SSSR count). The summed E-state index contributed by atoms with van der Waals surface area (Å²) >= 11 is 0. The van der Waals surface area contributed by atoms with Crippen molar-refractivity contribution < 1.29 is 9.53 Å². The summed E-state index contributed by atoms with van der Waals surface area (Å²) in [4.78, 5) is 11.9. The van der Waals surface area contributed by atoms with Gasteiger partial charge in [0.1, 0.15) is 5.75 Å². The highest BCUT2D eigenvalue weighted by Crippen LogP contribution is 2.23. The third-order valence-electron chi connectivity index (χ3n) is 3.02. The average Bonchev–Trinajstić information content (AvgIpc) is 2.34. The van der Waals surface area contributed by atoms with E-state index in [-0.39, 0.29) is 5.91 Å². The van der Waals surface area contributed by atoms with Crippen molar-refractivity contribution in [1.29, 1.82) is 0 Å². The van der Waals surface area contributed by atoms with Crippen LogP contribution in [0.2, 0.25) is 0 Å². The molecule has 0 aliphatic rings. The van der Waals surface area contributed by atoms with Crippen LogP contribution in [0.4, 0.5) is 5.69 Å². The van der Waals surface area contributed by atoms with Crippen LogP contribution in [0.3, 0.4) is 0 Å². The Morgan fingerprint density at radius 3 is 2.68 bits per heavy atom. The van der Waals surface area contributed by atoms with Crippen LogP contribution in [0.1, 0.15) is 32.8 Å². The molecule has 0 saturated heterocycles. The first kappa shape index (κ1) is 15.3. The van der Waals surface area contributed by atoms with Gasteiger partial charge in [0, 0.05) is 17.8 Å². The Labute approximate surface area is 115 Å². The van der Waals surface area contributed by atoms with Crippen molar-refractivity contribution in [3.8, 4) is 5.75 Å². The van der Waals surface area contributed by atoms with Crippen LogP contribution >= 0.6 is 0 Å². The molecule has 1 unspecified atom stereocenters. The summed E-state index contributed by atoms with van der Waals surface area (Å²) in [5, 5.41) is 2.87. The zero-order chi connectivity index (χ0) is 14.4. The van der Waals surface area contributed by atoms with Gasteiger partial charge in [-0.25, -0.2) is 0 Å². The minimum Gasteiger partial charge on any atom is -0.481 e. The van der Waals surface area contributed by atoms with Crippen molar-refractivity contribution in [2.24, 2.45) is 5.92 Å². The Hall–Kier alpha value is -1.71. The maximum Gasteiger partial charge on any atom is 0.260 e. The fourth-order valence-corrected chi connectivity index (χ4v) is 1.63. The van der Waals surface area contributed by atoms with Crippen LogP contribution in [0.5, 0.6) is 5.75 Å². The highest BCUT2D eigenvalue weighted by Gasteiger charge is 2.15. The summed E-state index contributed by atoms with van der Waals surface area (Å²) < 4.78 is 5.65. The first-order chi connectivity index (χ1) is 8.91. The molecule has 0 aliphatic carbocycles. The summed E-state index contributed by atoms with van der Waals surface area (Å²) in [5.41, 5.74) is 7.34. The lowest BCUT2D eigenvalue weighted by atomic mass is 10.1. The topological polar surface area (TPSA) is 64.3 Å². The summed E-state index contributed by atoms with van der Waals surface area (Å²) in [6.07, 6.45) is 0.447. The van der Waals surface area contributed by atoms with Crippen molar-refractivity contribution in [3.63, 3.8) is 0 Å². The lowest BCUT2D eigenvalue weighted by Gasteiger charge is -2.17. The van der Waals surface area contributed by atoms with Crippen LogP contribution < -0.4 is 15.8 Å². The van der Waals surface area contributed by atoms with Crippen molar-refractivity contribution >= 4 is 11.6 Å². The summed E-state index contributed by atoms with van der Waals surface area (Å²) in [5.74, 6) is 1.14. The van der Waals surface area contributed by atoms with E-state index in [0.29, 0.717) is 23.9 Å². The van der Waals surface area contributed by atoms with Crippen molar-refractivity contribution in [2.75, 3.05) is 12.3 Å². The van der Waals surface area contributed by atoms with Gasteiger partial charge in [0.2, 0.25) is 0 Å². The molecule has 1 aromatic carbocycles. The molecular weight excluding hydrogens is 240 g/mol. The minimum atomic E-state index is -0.521. The summed E-state index contributed by atoms with van der Waals surface area (Å²) in [6, 6.07) is 5.46. The molecule has 0 bridgehead atoms. The highest BCUT2D eigenvalue weighted by molar-refractivity contribution is 5.80. The van der Waals surface area contributed by atoms with E-state index in [1.807, 2.05) is 25.1 Å². The van der Waals surface area contributed by atoms with Crippen LogP contribution in [0, 0.1) is 12.8 Å². The number of benzene rings is 1. The third-order valence-corrected chi connectivity index (χ3v) is 3.02. The molecule has 0 heterocycles. The normalized spacial score (nSPS) is 12.3. The van der Waals surface area contributed by atoms with Gasteiger partial charge in [-0.1, -0.05) is 19.9 Å². The van der Waals surface area contributed by atoms with Gasteiger partial charge in [-0.15, -0.1) is 0 Å². The Morgan fingerprint density at radius 1 is 1.37 bits per heavy atom. The number of nitrogens with two attached hydrogens (primary N) is 1. The van der Waals surface area contributed by atoms with E-state index >= 15 is 0 Å². The SMILES string of the molecule is Cc1c(N)cccc1OC(C)C(=O)NCCC(C)C. The van der Waals surface area contributed by atoms with Crippen molar-refractivity contribution in [3.05, 3.63) is 23.8 Å². The van der Waals surface area contributed by atoms with E-state index in [2.05, 4.69) is 19.2 Å². The van der Waals surface area contributed by atoms with Crippen molar-refractivity contribution in [2.45, 2.75) is 40.2 Å². The van der Waals surface area contributed by atoms with Gasteiger partial charge in [0.05, 0.1) is 0 Å². The second-order valence-electron chi connectivity index (χ2n) is 5.20. The van der Waals surface area contributed by atoms with Gasteiger partial charge >= 0.3 is 0 Å². The number of carbonyl (C=O) groups is 1. The molecule has 1 atom stereocenters. The monoisotopic (exact) mass is 264 g/mol. The number of rotatable bonds is 6. The molecule has 1 amide bonds. The Balaban J connectivity index is 2.52. The Kier molecular flexibility index (Phi) is 5.67. The smallest absolute Gasteiger partial charge is 0.260 e. The minimum absolute atomic E-state index is 0.0949. The van der Waals surface area contributed by atoms with Gasteiger partial charge in [0.25, 0.3) is 5.91 Å². The molecule has 0 fully saturated rings. The molecule has 0 aromatic heterocycles. The number of carbonyl (C=O) groups excluding carboxylic acids is 1. The number of nitrogens with one attached hydrogen (secondary N) is 1. The maximum atomic E-state index is 11.9. The average molecular weight is 264 g/mol. The zero-order valence-corrected chi connectivity index (χ0v) is 12.2. The second kappa shape index (κ2) is 7.02. The highest BCUT2D eigenvalue weighted by atomic mass is 16.5. The largest absolute Gasteiger partial charge is 0.481 e. The summed E-state index contributed by atoms with van der Waals surface area (Å²) in [7, 11) is 0. The number of amides is 1. The predicted octanol–water partition coefficient (Wildman–Crippen LogP) is 2.51. The van der Waals surface area contributed by atoms with Gasteiger partial charge in [-0.2, -0.15) is 0 Å². The molecule has 3 N–H and O–H groups in total. The van der Waals surface area contributed by atoms with Crippen LogP contribution in [-0.2, 0) is 4.79 Å². The van der Waals surface area contributed by atoms with E-state index in [9.17, 15) is 4.79 Å². The third kappa shape index (κ3) is 4.81. The van der Waals surface area contributed by atoms with Crippen LogP contribution in [0.15, 0.2) is 18.2 Å². The van der Waals surface area contributed by atoms with E-state index in [1.165, 1.54) is 0 Å². The Morgan fingerprint density at radius 2 is 2.05 bits per heavy atom. The first-order valence-electron chi connectivity index (χ1n) is 6.71. The maximum absolute atomic E-state index is 11.9. The molecule has 4 heteroatoms. The first-order valence-corrected chi connectivity index (χ1v) is 6.71. The fraction of sp³-hybridized carbons (Fsp3) is 0.533. The van der Waals surface area contributed by atoms with Gasteiger partial charge in [-0.3, -0.25) is 4.79 Å². The lowest BCUT2D eigenvalue weighted by Crippen LogP contribution is -2.37. The van der Waals surface area contributed by atoms with Gasteiger partial charge in [-0.05, 0) is 38.3 Å². The fourth-order valence-electron chi connectivity index (χ4n) is 1.63. The molecule has 4 nitrogen and oxygen atoms in total. The second-order valence-corrected chi connectivity index (χ2v) is 5.20. The molecule has 0 spiro atoms. The van der Waals surface area contributed by atoms with E-state index in [1.54, 1.807) is 6.92 Å². The van der Waals surface area contributed by atoms with E-state index < -0.39 is 6.10 Å². The molecule has 1 aromatic rings. The quantitative estimate of drug-likeness (QED) is 0.776. The molecule has 0 radical (unpaired) electrons. The molecule has 19 heavy (non-hydrogen) atoms. The lowest BCUT2D eigenvalue weighted by molar-refractivity contribution is -0.127. The van der Waals surface area contributed by atoms with Crippen LogP contribution in [0.25, 0.3) is 0 Å². The van der Waals surface area contributed by atoms with Crippen molar-refractivity contribution in [1.82, 2.24) is 5.32 Å². The predicted molar refractivity (Wildman–Crippen MR) is 78.1 cm³/mol. The molecular formula is C15H24N2O2. The Bertz CT molecular complexity index is 430. The van der Waals surface area contributed by atoms with E-state index in [4.69, 9.17) is 10.5 Å². The molecule has 106 valence electrons. The number of ether oxygens (including phenoxy) is 1. The molecule has 0 aliphatic heterocycles. The number of nitrogen functional groups attached to an aromatic ring is 1.